The molecule has 0 heterocycles. The Morgan fingerprint density at radius 3 is 2.57 bits per heavy atom. The van der Waals surface area contributed by atoms with Crippen LogP contribution in [-0.2, 0) is 14.3 Å². The first-order chi connectivity index (χ1) is 10.7. The summed E-state index contributed by atoms with van der Waals surface area (Å²) in [7, 11) is 1.28. The molecule has 0 aliphatic heterocycles. The normalized spacial score (nSPS) is 12.2. The molecule has 0 saturated heterocycles. The molecule has 0 bridgehead atoms. The fourth-order valence-electron chi connectivity index (χ4n) is 1.71. The molecule has 3 N–H and O–H groups in total. The van der Waals surface area contributed by atoms with Crippen LogP contribution in [0.1, 0.15) is 27.2 Å². The molecule has 1 atom stereocenters. The molecule has 0 aliphatic rings. The second kappa shape index (κ2) is 8.26. The van der Waals surface area contributed by atoms with Gasteiger partial charge in [0, 0.05) is 11.8 Å². The van der Waals surface area contributed by atoms with Gasteiger partial charge in [-0.3, -0.25) is 4.79 Å². The maximum atomic E-state index is 11.8. The molecule has 0 spiro atoms. The number of esters is 1. The summed E-state index contributed by atoms with van der Waals surface area (Å²) in [5.74, 6) is 0.0908. The highest BCUT2D eigenvalue weighted by atomic mass is 16.6. The Balaban J connectivity index is 2.64. The van der Waals surface area contributed by atoms with E-state index < -0.39 is 23.7 Å². The summed E-state index contributed by atoms with van der Waals surface area (Å²) in [4.78, 5) is 23.3. The number of carbonyl (C=O) groups excluding carboxylic acids is 2. The van der Waals surface area contributed by atoms with Crippen LogP contribution in [0.15, 0.2) is 24.3 Å². The topological polar surface area (TPSA) is 99.9 Å². The van der Waals surface area contributed by atoms with E-state index in [0.717, 1.165) is 0 Å². The zero-order valence-electron chi connectivity index (χ0n) is 13.9. The molecular weight excluding hydrogens is 300 g/mol. The highest BCUT2D eigenvalue weighted by molar-refractivity contribution is 5.72. The van der Waals surface area contributed by atoms with Crippen molar-refractivity contribution in [2.75, 3.05) is 19.5 Å². The number of ether oxygens (including phenoxy) is 3. The van der Waals surface area contributed by atoms with Crippen molar-refractivity contribution in [1.29, 1.82) is 0 Å². The quantitative estimate of drug-likeness (QED) is 0.614. The van der Waals surface area contributed by atoms with E-state index in [4.69, 9.17) is 15.2 Å². The van der Waals surface area contributed by atoms with Crippen molar-refractivity contribution in [3.63, 3.8) is 0 Å². The van der Waals surface area contributed by atoms with Crippen LogP contribution in [0.5, 0.6) is 5.75 Å². The van der Waals surface area contributed by atoms with Crippen molar-refractivity contribution in [3.05, 3.63) is 24.3 Å². The van der Waals surface area contributed by atoms with Crippen LogP contribution < -0.4 is 15.8 Å². The molecule has 7 nitrogen and oxygen atoms in total. The van der Waals surface area contributed by atoms with Gasteiger partial charge in [-0.1, -0.05) is 6.07 Å². The van der Waals surface area contributed by atoms with Crippen LogP contribution in [0.2, 0.25) is 0 Å². The predicted octanol–water partition coefficient (Wildman–Crippen LogP) is 2.10. The molecule has 128 valence electrons. The number of alkyl carbamates (subject to hydrolysis) is 1. The van der Waals surface area contributed by atoms with Gasteiger partial charge in [0.15, 0.2) is 0 Å². The molecule has 1 aromatic carbocycles. The third kappa shape index (κ3) is 7.94. The smallest absolute Gasteiger partial charge is 0.408 e. The number of methoxy groups -OCH3 is 1. The van der Waals surface area contributed by atoms with Crippen LogP contribution >= 0.6 is 0 Å². The van der Waals surface area contributed by atoms with Crippen molar-refractivity contribution in [3.8, 4) is 5.75 Å². The summed E-state index contributed by atoms with van der Waals surface area (Å²) in [5, 5.41) is 2.61. The van der Waals surface area contributed by atoms with E-state index in [2.05, 4.69) is 10.1 Å². The number of carbonyl (C=O) groups is 2. The minimum absolute atomic E-state index is 0.0297. The second-order valence-electron chi connectivity index (χ2n) is 6.01. The molecule has 0 aromatic heterocycles. The summed E-state index contributed by atoms with van der Waals surface area (Å²) in [6, 6.07) is 6.29. The van der Waals surface area contributed by atoms with E-state index in [1.54, 1.807) is 45.0 Å². The maximum Gasteiger partial charge on any atom is 0.408 e. The maximum absolute atomic E-state index is 11.8. The number of anilines is 1. The van der Waals surface area contributed by atoms with E-state index in [1.165, 1.54) is 7.11 Å². The lowest BCUT2D eigenvalue weighted by Gasteiger charge is -2.23. The van der Waals surface area contributed by atoms with Gasteiger partial charge in [-0.25, -0.2) is 4.79 Å². The zero-order valence-corrected chi connectivity index (χ0v) is 13.9. The number of rotatable bonds is 6. The van der Waals surface area contributed by atoms with Crippen molar-refractivity contribution < 1.29 is 23.8 Å². The monoisotopic (exact) mass is 324 g/mol. The number of benzene rings is 1. The van der Waals surface area contributed by atoms with Crippen LogP contribution in [0.25, 0.3) is 0 Å². The van der Waals surface area contributed by atoms with Crippen LogP contribution in [0.4, 0.5) is 10.5 Å². The average Bonchev–Trinajstić information content (AvgIpc) is 2.42. The molecule has 0 unspecified atom stereocenters. The van der Waals surface area contributed by atoms with E-state index in [1.807, 2.05) is 0 Å². The first-order valence-corrected chi connectivity index (χ1v) is 7.24. The summed E-state index contributed by atoms with van der Waals surface area (Å²) in [6.07, 6.45) is -0.652. The van der Waals surface area contributed by atoms with Gasteiger partial charge in [0.25, 0.3) is 0 Å². The molecule has 0 aliphatic carbocycles. The van der Waals surface area contributed by atoms with Gasteiger partial charge in [0.2, 0.25) is 0 Å². The Kier molecular flexibility index (Phi) is 6.68. The van der Waals surface area contributed by atoms with Gasteiger partial charge in [-0.2, -0.15) is 0 Å². The average molecular weight is 324 g/mol. The Morgan fingerprint density at radius 1 is 1.30 bits per heavy atom. The highest BCUT2D eigenvalue weighted by Gasteiger charge is 2.22. The third-order valence-electron chi connectivity index (χ3n) is 2.67. The van der Waals surface area contributed by atoms with Crippen molar-refractivity contribution in [2.24, 2.45) is 0 Å². The second-order valence-corrected chi connectivity index (χ2v) is 6.01. The van der Waals surface area contributed by atoms with Gasteiger partial charge >= 0.3 is 12.1 Å². The van der Waals surface area contributed by atoms with E-state index in [9.17, 15) is 9.59 Å². The number of nitrogen functional groups attached to an aromatic ring is 1. The Bertz CT molecular complexity index is 540. The number of hydrogen-bond acceptors (Lipinski definition) is 6. The lowest BCUT2D eigenvalue weighted by molar-refractivity contribution is -0.141. The molecule has 0 saturated carbocycles. The molecule has 0 fully saturated rings. The van der Waals surface area contributed by atoms with Gasteiger partial charge in [-0.15, -0.1) is 0 Å². The Hall–Kier alpha value is -2.44. The minimum atomic E-state index is -0.630. The number of nitrogens with two attached hydrogens (primary N) is 1. The first kappa shape index (κ1) is 18.6. The van der Waals surface area contributed by atoms with Crippen molar-refractivity contribution in [1.82, 2.24) is 5.32 Å². The van der Waals surface area contributed by atoms with Crippen LogP contribution in [0, 0.1) is 0 Å². The summed E-state index contributed by atoms with van der Waals surface area (Å²) in [6.45, 7) is 5.35. The largest absolute Gasteiger partial charge is 0.491 e. The Labute approximate surface area is 136 Å². The zero-order chi connectivity index (χ0) is 17.5. The first-order valence-electron chi connectivity index (χ1n) is 7.24. The summed E-state index contributed by atoms with van der Waals surface area (Å²) >= 11 is 0. The lowest BCUT2D eigenvalue weighted by Crippen LogP contribution is -2.43. The van der Waals surface area contributed by atoms with Gasteiger partial charge in [0.1, 0.15) is 18.0 Å². The predicted molar refractivity (Wildman–Crippen MR) is 86.1 cm³/mol. The van der Waals surface area contributed by atoms with Gasteiger partial charge in [-0.05, 0) is 32.9 Å². The highest BCUT2D eigenvalue weighted by Crippen LogP contribution is 2.15. The van der Waals surface area contributed by atoms with E-state index >= 15 is 0 Å². The van der Waals surface area contributed by atoms with Crippen LogP contribution in [-0.4, -0.2) is 37.4 Å². The van der Waals surface area contributed by atoms with E-state index in [-0.39, 0.29) is 13.0 Å². The molecule has 0 radical (unpaired) electrons. The van der Waals surface area contributed by atoms with Crippen molar-refractivity contribution >= 4 is 17.7 Å². The van der Waals surface area contributed by atoms with E-state index in [0.29, 0.717) is 11.4 Å². The number of nitrogens with one attached hydrogen (secondary N) is 1. The third-order valence-corrected chi connectivity index (χ3v) is 2.67. The number of amides is 1. The fourth-order valence-corrected chi connectivity index (χ4v) is 1.71. The molecule has 7 heteroatoms. The fraction of sp³-hybridized carbons (Fsp3) is 0.500. The number of hydrogen-bond donors (Lipinski definition) is 2. The standard InChI is InChI=1S/C16H24N2O5/c1-16(2,3)23-15(20)18-12(9-14(19)21-4)10-22-13-7-5-6-11(17)8-13/h5-8,12H,9-10,17H2,1-4H3,(H,18,20)/t12-/m1/s1. The molecule has 1 aromatic rings. The molecular formula is C16H24N2O5. The Morgan fingerprint density at radius 2 is 2.00 bits per heavy atom. The lowest BCUT2D eigenvalue weighted by atomic mass is 10.2. The van der Waals surface area contributed by atoms with Gasteiger partial charge < -0.3 is 25.3 Å². The van der Waals surface area contributed by atoms with Gasteiger partial charge in [0.05, 0.1) is 19.6 Å². The summed E-state index contributed by atoms with van der Waals surface area (Å²) in [5.41, 5.74) is 5.61. The molecule has 1 amide bonds. The van der Waals surface area contributed by atoms with Crippen molar-refractivity contribution in [2.45, 2.75) is 38.8 Å². The SMILES string of the molecule is COC(=O)C[C@H](COc1cccc(N)c1)NC(=O)OC(C)(C)C. The summed E-state index contributed by atoms with van der Waals surface area (Å²) < 4.78 is 15.4. The minimum Gasteiger partial charge on any atom is -0.491 e. The van der Waals surface area contributed by atoms with Crippen LogP contribution in [0.3, 0.4) is 0 Å². The molecule has 23 heavy (non-hydrogen) atoms. The molecule has 1 rings (SSSR count).